The first-order valence-corrected chi connectivity index (χ1v) is 10.7. The van der Waals surface area contributed by atoms with Gasteiger partial charge in [-0.05, 0) is 48.9 Å². The standard InChI is InChI=1S/C24H24FN3O9/c1-35-22(32)14-5-8-16(23(33)36-2)18(11-14)27-20(30)12-37-24(34)17(9-10-19(26)29)28-21(31)13-3-6-15(25)7-4-13/h3-8,11,17H,9-10,12H2,1-2H3,(H2,26,29)(H,27,30)(H,28,31)/t17-/m0/s1. The van der Waals surface area contributed by atoms with Crippen LogP contribution in [0.25, 0.3) is 0 Å². The van der Waals surface area contributed by atoms with Gasteiger partial charge < -0.3 is 30.6 Å². The van der Waals surface area contributed by atoms with Gasteiger partial charge in [0.25, 0.3) is 11.8 Å². The van der Waals surface area contributed by atoms with Crippen molar-refractivity contribution in [3.63, 3.8) is 0 Å². The van der Waals surface area contributed by atoms with Gasteiger partial charge in [0.15, 0.2) is 6.61 Å². The zero-order valence-corrected chi connectivity index (χ0v) is 19.9. The van der Waals surface area contributed by atoms with Crippen molar-refractivity contribution in [1.29, 1.82) is 0 Å². The molecule has 2 aromatic rings. The average Bonchev–Trinajstić information content (AvgIpc) is 2.88. The minimum Gasteiger partial charge on any atom is -0.465 e. The highest BCUT2D eigenvalue weighted by molar-refractivity contribution is 6.04. The van der Waals surface area contributed by atoms with E-state index in [0.29, 0.717) is 0 Å². The van der Waals surface area contributed by atoms with Gasteiger partial charge in [0.1, 0.15) is 11.9 Å². The first-order valence-electron chi connectivity index (χ1n) is 10.7. The Kier molecular flexibility index (Phi) is 10.2. The second-order valence-electron chi connectivity index (χ2n) is 7.44. The van der Waals surface area contributed by atoms with Crippen molar-refractivity contribution in [3.8, 4) is 0 Å². The normalized spacial score (nSPS) is 11.0. The number of esters is 3. The number of benzene rings is 2. The molecule has 196 valence electrons. The molecule has 0 aromatic heterocycles. The highest BCUT2D eigenvalue weighted by Crippen LogP contribution is 2.20. The van der Waals surface area contributed by atoms with Gasteiger partial charge in [-0.1, -0.05) is 0 Å². The number of halogens is 1. The first-order chi connectivity index (χ1) is 17.5. The highest BCUT2D eigenvalue weighted by Gasteiger charge is 2.25. The van der Waals surface area contributed by atoms with Gasteiger partial charge in [0, 0.05) is 12.0 Å². The predicted molar refractivity (Wildman–Crippen MR) is 125 cm³/mol. The summed E-state index contributed by atoms with van der Waals surface area (Å²) in [7, 11) is 2.27. The molecule has 1 atom stereocenters. The maximum absolute atomic E-state index is 13.1. The average molecular weight is 517 g/mol. The molecule has 3 amide bonds. The summed E-state index contributed by atoms with van der Waals surface area (Å²) in [6.07, 6.45) is -0.505. The fourth-order valence-corrected chi connectivity index (χ4v) is 2.98. The molecular formula is C24H24FN3O9. The molecule has 0 unspecified atom stereocenters. The van der Waals surface area contributed by atoms with E-state index in [1.807, 2.05) is 0 Å². The van der Waals surface area contributed by atoms with Gasteiger partial charge >= 0.3 is 17.9 Å². The molecular weight excluding hydrogens is 493 g/mol. The van der Waals surface area contributed by atoms with E-state index in [4.69, 9.17) is 10.5 Å². The molecule has 37 heavy (non-hydrogen) atoms. The summed E-state index contributed by atoms with van der Waals surface area (Å²) in [5.74, 6) is -5.54. The van der Waals surface area contributed by atoms with E-state index in [9.17, 15) is 33.2 Å². The summed E-state index contributed by atoms with van der Waals surface area (Å²) < 4.78 is 27.3. The molecule has 0 spiro atoms. The molecule has 0 saturated heterocycles. The van der Waals surface area contributed by atoms with Crippen LogP contribution in [0.1, 0.15) is 43.9 Å². The number of ether oxygens (including phenoxy) is 3. The van der Waals surface area contributed by atoms with Crippen molar-refractivity contribution >= 4 is 41.3 Å². The van der Waals surface area contributed by atoms with Crippen LogP contribution in [-0.2, 0) is 28.6 Å². The van der Waals surface area contributed by atoms with Gasteiger partial charge in [-0.15, -0.1) is 0 Å². The number of amides is 3. The predicted octanol–water partition coefficient (Wildman–Crippen LogP) is 0.945. The molecule has 2 aromatic carbocycles. The second-order valence-corrected chi connectivity index (χ2v) is 7.44. The Morgan fingerprint density at radius 3 is 2.14 bits per heavy atom. The Labute approximate surface area is 210 Å². The number of nitrogens with one attached hydrogen (secondary N) is 2. The monoisotopic (exact) mass is 517 g/mol. The zero-order valence-electron chi connectivity index (χ0n) is 19.9. The number of hydrogen-bond donors (Lipinski definition) is 3. The van der Waals surface area contributed by atoms with Crippen LogP contribution < -0.4 is 16.4 Å². The van der Waals surface area contributed by atoms with Crippen LogP contribution >= 0.6 is 0 Å². The molecule has 0 fully saturated rings. The molecule has 12 nitrogen and oxygen atoms in total. The lowest BCUT2D eigenvalue weighted by Crippen LogP contribution is -2.43. The summed E-state index contributed by atoms with van der Waals surface area (Å²) >= 11 is 0. The summed E-state index contributed by atoms with van der Waals surface area (Å²) in [5.41, 5.74) is 5.00. The Hall–Kier alpha value is -4.81. The molecule has 0 saturated carbocycles. The van der Waals surface area contributed by atoms with Crippen molar-refractivity contribution in [2.45, 2.75) is 18.9 Å². The number of carbonyl (C=O) groups is 6. The number of nitrogens with two attached hydrogens (primary N) is 1. The minimum absolute atomic E-state index is 0.0254. The fourth-order valence-electron chi connectivity index (χ4n) is 2.98. The Balaban J connectivity index is 2.11. The zero-order chi connectivity index (χ0) is 27.5. The SMILES string of the molecule is COC(=O)c1ccc(C(=O)OC)c(NC(=O)COC(=O)[C@H](CCC(N)=O)NC(=O)c2ccc(F)cc2)c1. The van der Waals surface area contributed by atoms with Crippen LogP contribution in [0.3, 0.4) is 0 Å². The topological polar surface area (TPSA) is 180 Å². The number of rotatable bonds is 11. The second kappa shape index (κ2) is 13.3. The lowest BCUT2D eigenvalue weighted by Gasteiger charge is -2.17. The van der Waals surface area contributed by atoms with E-state index in [2.05, 4.69) is 20.1 Å². The number of carbonyl (C=O) groups excluding carboxylic acids is 6. The molecule has 0 aliphatic heterocycles. The third-order valence-electron chi connectivity index (χ3n) is 4.84. The van der Waals surface area contributed by atoms with E-state index < -0.39 is 54.1 Å². The maximum atomic E-state index is 13.1. The van der Waals surface area contributed by atoms with E-state index in [1.54, 1.807) is 0 Å². The van der Waals surface area contributed by atoms with Crippen LogP contribution in [0, 0.1) is 5.82 Å². The van der Waals surface area contributed by atoms with Crippen LogP contribution in [-0.4, -0.2) is 62.5 Å². The molecule has 0 bridgehead atoms. The van der Waals surface area contributed by atoms with Crippen LogP contribution in [0.15, 0.2) is 42.5 Å². The first kappa shape index (κ1) is 28.4. The van der Waals surface area contributed by atoms with E-state index >= 15 is 0 Å². The molecule has 0 radical (unpaired) electrons. The Bertz CT molecular complexity index is 1200. The molecule has 2 rings (SSSR count). The lowest BCUT2D eigenvalue weighted by molar-refractivity contribution is -0.149. The van der Waals surface area contributed by atoms with E-state index in [-0.39, 0.29) is 35.2 Å². The van der Waals surface area contributed by atoms with Crippen molar-refractivity contribution in [3.05, 3.63) is 65.0 Å². The number of primary amides is 1. The minimum atomic E-state index is -1.36. The molecule has 13 heteroatoms. The summed E-state index contributed by atoms with van der Waals surface area (Å²) in [5, 5.41) is 4.69. The molecule has 4 N–H and O–H groups in total. The largest absolute Gasteiger partial charge is 0.465 e. The maximum Gasteiger partial charge on any atom is 0.339 e. The third-order valence-corrected chi connectivity index (χ3v) is 4.84. The van der Waals surface area contributed by atoms with Crippen molar-refractivity contribution in [1.82, 2.24) is 5.32 Å². The van der Waals surface area contributed by atoms with Crippen molar-refractivity contribution < 1.29 is 47.4 Å². The highest BCUT2D eigenvalue weighted by atomic mass is 19.1. The molecule has 0 aliphatic carbocycles. The summed E-state index contributed by atoms with van der Waals surface area (Å²) in [6, 6.07) is 6.83. The number of hydrogen-bond acceptors (Lipinski definition) is 9. The van der Waals surface area contributed by atoms with Crippen LogP contribution in [0.2, 0.25) is 0 Å². The number of methoxy groups -OCH3 is 2. The van der Waals surface area contributed by atoms with Crippen LogP contribution in [0.5, 0.6) is 0 Å². The Morgan fingerprint density at radius 2 is 1.54 bits per heavy atom. The van der Waals surface area contributed by atoms with Gasteiger partial charge in [-0.3, -0.25) is 14.4 Å². The van der Waals surface area contributed by atoms with E-state index in [1.165, 1.54) is 30.3 Å². The van der Waals surface area contributed by atoms with Crippen molar-refractivity contribution in [2.75, 3.05) is 26.1 Å². The lowest BCUT2D eigenvalue weighted by atomic mass is 10.1. The van der Waals surface area contributed by atoms with Gasteiger partial charge in [0.2, 0.25) is 5.91 Å². The Morgan fingerprint density at radius 1 is 0.919 bits per heavy atom. The fraction of sp³-hybridized carbons (Fsp3) is 0.250. The van der Waals surface area contributed by atoms with Crippen molar-refractivity contribution in [2.24, 2.45) is 5.73 Å². The number of anilines is 1. The molecule has 0 heterocycles. The smallest absolute Gasteiger partial charge is 0.339 e. The summed E-state index contributed by atoms with van der Waals surface area (Å²) in [4.78, 5) is 72.4. The van der Waals surface area contributed by atoms with Gasteiger partial charge in [-0.25, -0.2) is 18.8 Å². The summed E-state index contributed by atoms with van der Waals surface area (Å²) in [6.45, 7) is -0.846. The molecule has 0 aliphatic rings. The quantitative estimate of drug-likeness (QED) is 0.289. The van der Waals surface area contributed by atoms with Gasteiger partial charge in [0.05, 0.1) is 31.0 Å². The third kappa shape index (κ3) is 8.42. The van der Waals surface area contributed by atoms with Crippen LogP contribution in [0.4, 0.5) is 10.1 Å². The van der Waals surface area contributed by atoms with E-state index in [0.717, 1.165) is 26.4 Å². The van der Waals surface area contributed by atoms with Gasteiger partial charge in [-0.2, -0.15) is 0 Å².